The molecule has 0 aliphatic heterocycles. The molecule has 0 radical (unpaired) electrons. The van der Waals surface area contributed by atoms with Crippen LogP contribution in [0.2, 0.25) is 0 Å². The van der Waals surface area contributed by atoms with Gasteiger partial charge < -0.3 is 5.32 Å². The summed E-state index contributed by atoms with van der Waals surface area (Å²) in [7, 11) is 0. The molecule has 1 rings (SSSR count). The van der Waals surface area contributed by atoms with E-state index in [1.54, 1.807) is 5.54 Å². The molecule has 0 saturated heterocycles. The Morgan fingerprint density at radius 1 is 1.67 bits per heavy atom. The van der Waals surface area contributed by atoms with Gasteiger partial charge in [-0.25, -0.2) is 0 Å². The first-order valence-corrected chi connectivity index (χ1v) is 5.90. The Balaban J connectivity index is 2.10. The third-order valence-corrected chi connectivity index (χ3v) is 4.07. The van der Waals surface area contributed by atoms with Crippen molar-refractivity contribution >= 4 is 23.4 Å². The lowest BCUT2D eigenvalue weighted by atomic mass is 10.3. The highest BCUT2D eigenvalue weighted by Gasteiger charge is 2.41. The molecular formula is C9H16ClNS. The highest BCUT2D eigenvalue weighted by molar-refractivity contribution is 8.00. The second-order valence-electron chi connectivity index (χ2n) is 3.45. The number of nitrogens with one attached hydrogen (secondary N) is 1. The average molecular weight is 206 g/mol. The zero-order valence-electron chi connectivity index (χ0n) is 7.69. The fourth-order valence-corrected chi connectivity index (χ4v) is 1.95. The normalized spacial score (nSPS) is 21.1. The Kier molecular flexibility index (Phi) is 3.94. The predicted octanol–water partition coefficient (Wildman–Crippen LogP) is 2.61. The number of hydrogen-bond donors (Lipinski definition) is 1. The van der Waals surface area contributed by atoms with Crippen LogP contribution in [0.3, 0.4) is 0 Å². The van der Waals surface area contributed by atoms with Crippen LogP contribution in [-0.4, -0.2) is 24.1 Å². The van der Waals surface area contributed by atoms with Gasteiger partial charge in [0.15, 0.2) is 0 Å². The highest BCUT2D eigenvalue weighted by atomic mass is 35.5. The van der Waals surface area contributed by atoms with Gasteiger partial charge in [-0.2, -0.15) is 11.8 Å². The van der Waals surface area contributed by atoms with E-state index in [-0.39, 0.29) is 0 Å². The van der Waals surface area contributed by atoms with Crippen LogP contribution in [0.5, 0.6) is 0 Å². The molecule has 0 heterocycles. The first kappa shape index (κ1) is 10.4. The molecule has 0 atom stereocenters. The van der Waals surface area contributed by atoms with Crippen molar-refractivity contribution in [2.75, 3.05) is 19.3 Å². The first-order valence-electron chi connectivity index (χ1n) is 4.24. The minimum Gasteiger partial charge on any atom is -0.312 e. The monoisotopic (exact) mass is 205 g/mol. The molecule has 1 saturated carbocycles. The van der Waals surface area contributed by atoms with E-state index in [4.69, 9.17) is 11.6 Å². The molecule has 12 heavy (non-hydrogen) atoms. The van der Waals surface area contributed by atoms with Gasteiger partial charge in [0.2, 0.25) is 0 Å². The van der Waals surface area contributed by atoms with Crippen molar-refractivity contribution in [1.29, 1.82) is 0 Å². The summed E-state index contributed by atoms with van der Waals surface area (Å²) < 4.78 is 0.562. The summed E-state index contributed by atoms with van der Waals surface area (Å²) in [5.41, 5.74) is 2.85. The predicted molar refractivity (Wildman–Crippen MR) is 58.0 cm³/mol. The van der Waals surface area contributed by atoms with Gasteiger partial charge in [0.1, 0.15) is 0 Å². The van der Waals surface area contributed by atoms with Crippen molar-refractivity contribution in [3.8, 4) is 0 Å². The molecule has 3 heteroatoms. The van der Waals surface area contributed by atoms with Crippen molar-refractivity contribution in [1.82, 2.24) is 5.32 Å². The summed E-state index contributed by atoms with van der Waals surface area (Å²) in [5, 5.41) is 3.42. The van der Waals surface area contributed by atoms with E-state index in [9.17, 15) is 0 Å². The van der Waals surface area contributed by atoms with Crippen LogP contribution < -0.4 is 5.32 Å². The molecule has 0 spiro atoms. The van der Waals surface area contributed by atoms with Gasteiger partial charge >= 0.3 is 0 Å². The van der Waals surface area contributed by atoms with Crippen molar-refractivity contribution in [3.63, 3.8) is 0 Å². The maximum absolute atomic E-state index is 5.54. The summed E-state index contributed by atoms with van der Waals surface area (Å²) in [5.74, 6) is 0. The van der Waals surface area contributed by atoms with Gasteiger partial charge in [0.25, 0.3) is 0 Å². The van der Waals surface area contributed by atoms with E-state index >= 15 is 0 Å². The van der Waals surface area contributed by atoms with Crippen LogP contribution in [0.1, 0.15) is 19.8 Å². The van der Waals surface area contributed by atoms with E-state index in [0.717, 1.165) is 13.1 Å². The summed E-state index contributed by atoms with van der Waals surface area (Å²) >= 11 is 7.53. The van der Waals surface area contributed by atoms with Crippen LogP contribution in [0.4, 0.5) is 0 Å². The van der Waals surface area contributed by atoms with Crippen LogP contribution in [0.15, 0.2) is 11.1 Å². The first-order chi connectivity index (χ1) is 5.72. The molecule has 0 bridgehead atoms. The molecule has 0 amide bonds. The van der Waals surface area contributed by atoms with Crippen LogP contribution in [0, 0.1) is 0 Å². The smallest absolute Gasteiger partial charge is 0.0282 e. The van der Waals surface area contributed by atoms with E-state index < -0.39 is 0 Å². The van der Waals surface area contributed by atoms with Crippen molar-refractivity contribution in [2.24, 2.45) is 0 Å². The highest BCUT2D eigenvalue weighted by Crippen LogP contribution is 2.46. The van der Waals surface area contributed by atoms with Crippen LogP contribution in [0.25, 0.3) is 0 Å². The minimum atomic E-state index is 0.562. The summed E-state index contributed by atoms with van der Waals surface area (Å²) in [6.07, 6.45) is 4.93. The van der Waals surface area contributed by atoms with E-state index in [2.05, 4.69) is 11.6 Å². The van der Waals surface area contributed by atoms with E-state index in [1.165, 1.54) is 18.4 Å². The molecule has 0 aromatic rings. The summed E-state index contributed by atoms with van der Waals surface area (Å²) in [6, 6.07) is 0. The van der Waals surface area contributed by atoms with E-state index in [0.29, 0.717) is 4.75 Å². The number of halogens is 1. The molecule has 0 aromatic carbocycles. The van der Waals surface area contributed by atoms with Gasteiger partial charge in [0.05, 0.1) is 0 Å². The van der Waals surface area contributed by atoms with Crippen molar-refractivity contribution in [2.45, 2.75) is 24.5 Å². The zero-order chi connectivity index (χ0) is 9.03. The van der Waals surface area contributed by atoms with E-state index in [1.807, 2.05) is 18.7 Å². The molecular weight excluding hydrogens is 190 g/mol. The quantitative estimate of drug-likeness (QED) is 0.741. The number of rotatable bonds is 5. The molecule has 0 unspecified atom stereocenters. The SMILES string of the molecule is CSC1(CNCC(C)=CCl)CC1. The maximum atomic E-state index is 5.54. The molecule has 1 fully saturated rings. The van der Waals surface area contributed by atoms with Gasteiger partial charge in [-0.3, -0.25) is 0 Å². The fourth-order valence-electron chi connectivity index (χ4n) is 1.12. The lowest BCUT2D eigenvalue weighted by molar-refractivity contribution is 0.700. The molecule has 1 nitrogen and oxygen atoms in total. The lowest BCUT2D eigenvalue weighted by Crippen LogP contribution is -2.27. The van der Waals surface area contributed by atoms with Crippen molar-refractivity contribution in [3.05, 3.63) is 11.1 Å². The topological polar surface area (TPSA) is 12.0 Å². The van der Waals surface area contributed by atoms with Gasteiger partial charge in [0, 0.05) is 23.4 Å². The minimum absolute atomic E-state index is 0.562. The van der Waals surface area contributed by atoms with Gasteiger partial charge in [-0.15, -0.1) is 0 Å². The molecule has 1 aliphatic carbocycles. The largest absolute Gasteiger partial charge is 0.312 e. The number of thioether (sulfide) groups is 1. The zero-order valence-corrected chi connectivity index (χ0v) is 9.26. The Bertz CT molecular complexity index is 175. The van der Waals surface area contributed by atoms with Crippen LogP contribution >= 0.6 is 23.4 Å². The molecule has 0 aromatic heterocycles. The molecule has 1 aliphatic rings. The summed E-state index contributed by atoms with van der Waals surface area (Å²) in [4.78, 5) is 0. The second kappa shape index (κ2) is 4.54. The third kappa shape index (κ3) is 3.00. The molecule has 70 valence electrons. The summed E-state index contributed by atoms with van der Waals surface area (Å²) in [6.45, 7) is 4.08. The maximum Gasteiger partial charge on any atom is 0.0282 e. The Morgan fingerprint density at radius 2 is 2.33 bits per heavy atom. The Hall–Kier alpha value is 0.340. The van der Waals surface area contributed by atoms with Gasteiger partial charge in [-0.1, -0.05) is 11.6 Å². The van der Waals surface area contributed by atoms with Crippen LogP contribution in [-0.2, 0) is 0 Å². The third-order valence-electron chi connectivity index (χ3n) is 2.28. The average Bonchev–Trinajstić information content (AvgIpc) is 2.85. The fraction of sp³-hybridized carbons (Fsp3) is 0.778. The molecule has 1 N–H and O–H groups in total. The van der Waals surface area contributed by atoms with Crippen molar-refractivity contribution < 1.29 is 0 Å². The van der Waals surface area contributed by atoms with Gasteiger partial charge in [-0.05, 0) is 31.6 Å². The lowest BCUT2D eigenvalue weighted by Gasteiger charge is -2.12. The Labute approximate surface area is 83.9 Å². The standard InChI is InChI=1S/C9H16ClNS/c1-8(5-10)6-11-7-9(12-2)3-4-9/h5,11H,3-4,6-7H2,1-2H3. The Morgan fingerprint density at radius 3 is 2.75 bits per heavy atom. The second-order valence-corrected chi connectivity index (χ2v) is 4.94. The number of hydrogen-bond acceptors (Lipinski definition) is 2.